The van der Waals surface area contributed by atoms with E-state index in [9.17, 15) is 9.59 Å². The van der Waals surface area contributed by atoms with Crippen LogP contribution in [0.4, 0.5) is 0 Å². The van der Waals surface area contributed by atoms with E-state index in [-0.39, 0.29) is 11.3 Å². The van der Waals surface area contributed by atoms with Crippen LogP contribution in [0.15, 0.2) is 48.0 Å². The molecular weight excluding hydrogens is 516 g/mol. The summed E-state index contributed by atoms with van der Waals surface area (Å²) in [5.74, 6) is -0.646. The van der Waals surface area contributed by atoms with E-state index in [4.69, 9.17) is 19.9 Å². The molecule has 10 nitrogen and oxygen atoms in total. The van der Waals surface area contributed by atoms with Gasteiger partial charge in [-0.3, -0.25) is 24.1 Å². The highest BCUT2D eigenvalue weighted by molar-refractivity contribution is 7.10. The molecule has 1 aliphatic carbocycles. The molecule has 6 rings (SSSR count). The van der Waals surface area contributed by atoms with Gasteiger partial charge < -0.3 is 10.1 Å². The standard InChI is InChI=1S/C28H30N6O4S/c1-18-24(22-17-39-27(31-22)28(8-9-28)21-5-2-19(3-6-21)26(36)32-37)34-16-20(4-7-23(34)30-18)25(35)29-10-11-33-12-14-38-15-13-33/h2-7,16-17,37H,8-15H2,1H3,(H,29,35)(H,32,36). The molecule has 0 unspecified atom stereocenters. The Bertz CT molecular complexity index is 1520. The minimum Gasteiger partial charge on any atom is -0.379 e. The smallest absolute Gasteiger partial charge is 0.274 e. The van der Waals surface area contributed by atoms with Gasteiger partial charge in [0.15, 0.2) is 0 Å². The van der Waals surface area contributed by atoms with Gasteiger partial charge in [-0.25, -0.2) is 15.4 Å². The highest BCUT2D eigenvalue weighted by Crippen LogP contribution is 2.54. The summed E-state index contributed by atoms with van der Waals surface area (Å²) >= 11 is 1.62. The lowest BCUT2D eigenvalue weighted by molar-refractivity contribution is 0.0383. The zero-order valence-corrected chi connectivity index (χ0v) is 22.5. The first-order valence-corrected chi connectivity index (χ1v) is 13.9. The van der Waals surface area contributed by atoms with Crippen molar-refractivity contribution in [1.82, 2.24) is 30.1 Å². The molecule has 11 heteroatoms. The number of pyridine rings is 1. The largest absolute Gasteiger partial charge is 0.379 e. The number of hydrogen-bond acceptors (Lipinski definition) is 8. The Kier molecular flexibility index (Phi) is 6.90. The Morgan fingerprint density at radius 3 is 2.51 bits per heavy atom. The van der Waals surface area contributed by atoms with Crippen LogP contribution in [-0.4, -0.2) is 75.7 Å². The lowest BCUT2D eigenvalue weighted by atomic mass is 9.95. The van der Waals surface area contributed by atoms with E-state index in [1.165, 1.54) is 0 Å². The van der Waals surface area contributed by atoms with Crippen LogP contribution in [0.5, 0.6) is 0 Å². The number of carbonyl (C=O) groups excluding carboxylic acids is 2. The summed E-state index contributed by atoms with van der Waals surface area (Å²) in [7, 11) is 0. The number of thiazole rings is 1. The van der Waals surface area contributed by atoms with Crippen molar-refractivity contribution < 1.29 is 19.5 Å². The molecule has 0 spiro atoms. The van der Waals surface area contributed by atoms with Crippen LogP contribution in [0.3, 0.4) is 0 Å². The number of benzene rings is 1. The number of aryl methyl sites for hydroxylation is 1. The number of nitrogens with zero attached hydrogens (tertiary/aromatic N) is 4. The molecule has 4 heterocycles. The quantitative estimate of drug-likeness (QED) is 0.229. The van der Waals surface area contributed by atoms with Gasteiger partial charge in [-0.2, -0.15) is 0 Å². The van der Waals surface area contributed by atoms with Crippen molar-refractivity contribution >= 4 is 28.8 Å². The van der Waals surface area contributed by atoms with E-state index in [2.05, 4.69) is 15.6 Å². The molecule has 2 amide bonds. The van der Waals surface area contributed by atoms with Crippen molar-refractivity contribution in [2.75, 3.05) is 39.4 Å². The van der Waals surface area contributed by atoms with Gasteiger partial charge in [-0.15, -0.1) is 11.3 Å². The van der Waals surface area contributed by atoms with Crippen LogP contribution in [-0.2, 0) is 10.2 Å². The maximum Gasteiger partial charge on any atom is 0.274 e. The normalized spacial score (nSPS) is 16.8. The van der Waals surface area contributed by atoms with Crippen molar-refractivity contribution in [1.29, 1.82) is 0 Å². The van der Waals surface area contributed by atoms with Gasteiger partial charge in [0, 0.05) is 48.7 Å². The Balaban J connectivity index is 1.22. The van der Waals surface area contributed by atoms with Crippen LogP contribution in [0.2, 0.25) is 0 Å². The number of imidazole rings is 1. The summed E-state index contributed by atoms with van der Waals surface area (Å²) in [6.07, 6.45) is 3.80. The molecule has 1 aromatic carbocycles. The summed E-state index contributed by atoms with van der Waals surface area (Å²) in [5, 5.41) is 15.0. The molecule has 0 atom stereocenters. The third-order valence-corrected chi connectivity index (χ3v) is 8.63. The molecule has 202 valence electrons. The van der Waals surface area contributed by atoms with Crippen molar-refractivity contribution in [3.8, 4) is 11.4 Å². The van der Waals surface area contributed by atoms with Gasteiger partial charge in [0.25, 0.3) is 11.8 Å². The first-order chi connectivity index (χ1) is 19.0. The van der Waals surface area contributed by atoms with Gasteiger partial charge >= 0.3 is 0 Å². The van der Waals surface area contributed by atoms with Gasteiger partial charge in [0.05, 0.1) is 30.2 Å². The number of aromatic nitrogens is 3. The Morgan fingerprint density at radius 1 is 1.05 bits per heavy atom. The van der Waals surface area contributed by atoms with Gasteiger partial charge in [0.2, 0.25) is 0 Å². The van der Waals surface area contributed by atoms with Crippen molar-refractivity contribution in [2.45, 2.75) is 25.2 Å². The molecule has 3 N–H and O–H groups in total. The topological polar surface area (TPSA) is 121 Å². The fourth-order valence-electron chi connectivity index (χ4n) is 5.22. The number of amides is 2. The number of rotatable bonds is 8. The van der Waals surface area contributed by atoms with Crippen LogP contribution in [0.1, 0.15) is 49.8 Å². The summed E-state index contributed by atoms with van der Waals surface area (Å²) in [6, 6.07) is 11.0. The van der Waals surface area contributed by atoms with Crippen molar-refractivity contribution in [3.05, 3.63) is 75.4 Å². The predicted molar refractivity (Wildman–Crippen MR) is 146 cm³/mol. The molecule has 2 aliphatic rings. The van der Waals surface area contributed by atoms with Gasteiger partial charge in [-0.1, -0.05) is 12.1 Å². The predicted octanol–water partition coefficient (Wildman–Crippen LogP) is 3.03. The molecule has 0 radical (unpaired) electrons. The second kappa shape index (κ2) is 10.5. The van der Waals surface area contributed by atoms with E-state index in [1.54, 1.807) is 28.9 Å². The average molecular weight is 547 g/mol. The number of hydroxylamine groups is 1. The van der Waals surface area contributed by atoms with Crippen LogP contribution >= 0.6 is 11.3 Å². The maximum absolute atomic E-state index is 12.9. The highest BCUT2D eigenvalue weighted by Gasteiger charge is 2.48. The zero-order valence-electron chi connectivity index (χ0n) is 21.6. The lowest BCUT2D eigenvalue weighted by Crippen LogP contribution is -2.41. The Labute approximate surface area is 229 Å². The monoisotopic (exact) mass is 546 g/mol. The van der Waals surface area contributed by atoms with Crippen molar-refractivity contribution in [3.63, 3.8) is 0 Å². The molecule has 39 heavy (non-hydrogen) atoms. The third kappa shape index (κ3) is 4.94. The van der Waals surface area contributed by atoms with Gasteiger partial charge in [0.1, 0.15) is 16.3 Å². The molecule has 1 saturated heterocycles. The molecular formula is C28H30N6O4S. The third-order valence-electron chi connectivity index (χ3n) is 7.58. The first kappa shape index (κ1) is 25.6. The number of hydrogen-bond donors (Lipinski definition) is 3. The summed E-state index contributed by atoms with van der Waals surface area (Å²) in [4.78, 5) is 36.7. The summed E-state index contributed by atoms with van der Waals surface area (Å²) < 4.78 is 7.34. The minimum absolute atomic E-state index is 0.114. The van der Waals surface area contributed by atoms with E-state index < -0.39 is 5.91 Å². The molecule has 2 fully saturated rings. The van der Waals surface area contributed by atoms with E-state index in [0.29, 0.717) is 17.7 Å². The number of morpholine rings is 1. The summed E-state index contributed by atoms with van der Waals surface area (Å²) in [6.45, 7) is 6.60. The number of nitrogens with one attached hydrogen (secondary N) is 2. The van der Waals surface area contributed by atoms with E-state index in [0.717, 1.165) is 79.0 Å². The van der Waals surface area contributed by atoms with E-state index >= 15 is 0 Å². The zero-order chi connectivity index (χ0) is 27.0. The minimum atomic E-state index is -0.531. The molecule has 1 saturated carbocycles. The van der Waals surface area contributed by atoms with Crippen molar-refractivity contribution in [2.24, 2.45) is 0 Å². The Hall–Kier alpha value is -3.64. The number of carbonyl (C=O) groups is 2. The second-order valence-corrected chi connectivity index (χ2v) is 10.9. The molecule has 4 aromatic rings. The van der Waals surface area contributed by atoms with E-state index in [1.807, 2.05) is 41.8 Å². The fraction of sp³-hybridized carbons (Fsp3) is 0.357. The Morgan fingerprint density at radius 2 is 1.79 bits per heavy atom. The van der Waals surface area contributed by atoms with Crippen LogP contribution in [0.25, 0.3) is 17.0 Å². The number of ether oxygens (including phenoxy) is 1. The highest BCUT2D eigenvalue weighted by atomic mass is 32.1. The molecule has 1 aliphatic heterocycles. The number of fused-ring (bicyclic) bond motifs is 1. The SMILES string of the molecule is Cc1nc2ccc(C(=O)NCCN3CCOCC3)cn2c1-c1csc(C2(c3ccc(C(=O)NO)cc3)CC2)n1. The first-order valence-electron chi connectivity index (χ1n) is 13.1. The van der Waals surface area contributed by atoms with Crippen LogP contribution < -0.4 is 10.8 Å². The second-order valence-electron chi connectivity index (χ2n) is 10.0. The van der Waals surface area contributed by atoms with Gasteiger partial charge in [-0.05, 0) is 49.6 Å². The summed E-state index contributed by atoms with van der Waals surface area (Å²) in [5.41, 5.74) is 6.89. The maximum atomic E-state index is 12.9. The average Bonchev–Trinajstić information content (AvgIpc) is 3.51. The van der Waals surface area contributed by atoms with Crippen LogP contribution in [0, 0.1) is 6.92 Å². The lowest BCUT2D eigenvalue weighted by Gasteiger charge is -2.26. The molecule has 0 bridgehead atoms. The molecule has 3 aromatic heterocycles. The fourth-order valence-corrected chi connectivity index (χ4v) is 6.30.